The van der Waals surface area contributed by atoms with Crippen molar-refractivity contribution in [2.24, 2.45) is 0 Å². The van der Waals surface area contributed by atoms with Gasteiger partial charge in [0.25, 0.3) is 0 Å². The van der Waals surface area contributed by atoms with Gasteiger partial charge in [-0.3, -0.25) is 9.78 Å². The first-order chi connectivity index (χ1) is 18.7. The zero-order valence-corrected chi connectivity index (χ0v) is 22.8. The van der Waals surface area contributed by atoms with Gasteiger partial charge in [0.15, 0.2) is 11.5 Å². The predicted octanol–water partition coefficient (Wildman–Crippen LogP) is 5.68. The lowest BCUT2D eigenvalue weighted by Crippen LogP contribution is -2.20. The maximum Gasteiger partial charge on any atom is 0.308 e. The van der Waals surface area contributed by atoms with Gasteiger partial charge in [0.05, 0.1) is 32.3 Å². The summed E-state index contributed by atoms with van der Waals surface area (Å²) in [5, 5.41) is 20.9. The summed E-state index contributed by atoms with van der Waals surface area (Å²) in [7, 11) is 1.56. The second-order valence-electron chi connectivity index (χ2n) is 9.42. The van der Waals surface area contributed by atoms with Gasteiger partial charge in [0, 0.05) is 29.9 Å². The summed E-state index contributed by atoms with van der Waals surface area (Å²) in [6, 6.07) is 11.7. The van der Waals surface area contributed by atoms with Crippen LogP contribution in [0.5, 0.6) is 11.5 Å². The van der Waals surface area contributed by atoms with Gasteiger partial charge in [-0.1, -0.05) is 44.2 Å². The molecule has 0 radical (unpaired) electrons. The molecule has 39 heavy (non-hydrogen) atoms. The Kier molecular flexibility index (Phi) is 11.0. The van der Waals surface area contributed by atoms with Crippen molar-refractivity contribution in [3.63, 3.8) is 0 Å². The normalized spacial score (nSPS) is 12.9. The molecule has 208 valence electrons. The van der Waals surface area contributed by atoms with Crippen LogP contribution in [0.15, 0.2) is 60.9 Å². The van der Waals surface area contributed by atoms with E-state index in [2.05, 4.69) is 4.98 Å². The first kappa shape index (κ1) is 29.8. The first-order valence-electron chi connectivity index (χ1n) is 13.0. The van der Waals surface area contributed by atoms with Crippen LogP contribution in [0, 0.1) is 5.82 Å². The predicted molar refractivity (Wildman–Crippen MR) is 148 cm³/mol. The number of aromatic nitrogens is 1. The maximum atomic E-state index is 13.9. The number of pyridine rings is 1. The molecule has 0 aliphatic carbocycles. The molecule has 0 bridgehead atoms. The Labute approximate surface area is 228 Å². The topological polar surface area (TPSA) is 98.1 Å². The number of hydrogen-bond donors (Lipinski definition) is 2. The van der Waals surface area contributed by atoms with Gasteiger partial charge in [-0.05, 0) is 53.8 Å². The summed E-state index contributed by atoms with van der Waals surface area (Å²) in [4.78, 5) is 15.8. The van der Waals surface area contributed by atoms with Crippen LogP contribution < -0.4 is 9.47 Å². The maximum absolute atomic E-state index is 13.9. The fraction of sp³-hybridized carbons (Fsp3) is 0.355. The summed E-state index contributed by atoms with van der Waals surface area (Å²) in [6.45, 7) is 6.22. The van der Waals surface area contributed by atoms with E-state index >= 15 is 0 Å². The third kappa shape index (κ3) is 8.37. The van der Waals surface area contributed by atoms with Crippen molar-refractivity contribution in [3.05, 3.63) is 83.4 Å². The number of ether oxygens (including phenoxy) is 3. The smallest absolute Gasteiger partial charge is 0.308 e. The number of carbonyl (C=O) groups is 1. The average molecular weight is 538 g/mol. The van der Waals surface area contributed by atoms with E-state index in [1.807, 2.05) is 32.0 Å². The number of halogens is 1. The standard InChI is InChI=1S/C31H36FNO6/c1-5-38-29(36)16-25(35)15-24(34)12-13-26-27(20(2)3)17-28(37-4)31(39-19-21-7-6-14-33-18-21)30(26)22-8-10-23(32)11-9-22/h6-14,17-18,20,24-25,34-35H,5,15-16,19H2,1-4H3. The molecule has 3 rings (SSSR count). The molecule has 2 N–H and O–H groups in total. The van der Waals surface area contributed by atoms with Crippen LogP contribution in [0.25, 0.3) is 17.2 Å². The summed E-state index contributed by atoms with van der Waals surface area (Å²) in [6.07, 6.45) is 4.40. The van der Waals surface area contributed by atoms with Gasteiger partial charge < -0.3 is 24.4 Å². The highest BCUT2D eigenvalue weighted by molar-refractivity contribution is 5.85. The first-order valence-corrected chi connectivity index (χ1v) is 13.0. The van der Waals surface area contributed by atoms with E-state index in [-0.39, 0.29) is 37.8 Å². The lowest BCUT2D eigenvalue weighted by atomic mass is 9.88. The number of aliphatic hydroxyl groups is 2. The van der Waals surface area contributed by atoms with E-state index in [1.54, 1.807) is 50.7 Å². The second kappa shape index (κ2) is 14.4. The van der Waals surface area contributed by atoms with E-state index in [1.165, 1.54) is 12.1 Å². The molecule has 7 nitrogen and oxygen atoms in total. The number of rotatable bonds is 13. The van der Waals surface area contributed by atoms with Gasteiger partial charge >= 0.3 is 5.97 Å². The summed E-state index contributed by atoms with van der Waals surface area (Å²) >= 11 is 0. The lowest BCUT2D eigenvalue weighted by molar-refractivity contribution is -0.145. The fourth-order valence-corrected chi connectivity index (χ4v) is 4.23. The number of hydrogen-bond acceptors (Lipinski definition) is 7. The average Bonchev–Trinajstić information content (AvgIpc) is 2.91. The lowest BCUT2D eigenvalue weighted by Gasteiger charge is -2.23. The van der Waals surface area contributed by atoms with Crippen LogP contribution in [0.1, 0.15) is 56.2 Å². The van der Waals surface area contributed by atoms with Crippen LogP contribution in [-0.4, -0.2) is 47.1 Å². The van der Waals surface area contributed by atoms with Crippen molar-refractivity contribution in [1.82, 2.24) is 4.98 Å². The van der Waals surface area contributed by atoms with Gasteiger partial charge in [-0.2, -0.15) is 0 Å². The molecule has 0 saturated carbocycles. The summed E-state index contributed by atoms with van der Waals surface area (Å²) in [5.41, 5.74) is 3.93. The van der Waals surface area contributed by atoms with Gasteiger partial charge in [-0.15, -0.1) is 0 Å². The van der Waals surface area contributed by atoms with Crippen molar-refractivity contribution in [2.45, 2.75) is 58.3 Å². The number of nitrogens with zero attached hydrogens (tertiary/aromatic N) is 1. The van der Waals surface area contributed by atoms with Crippen LogP contribution in [-0.2, 0) is 16.1 Å². The molecule has 0 aliphatic heterocycles. The molecule has 2 unspecified atom stereocenters. The molecule has 3 aromatic rings. The molecule has 2 atom stereocenters. The van der Waals surface area contributed by atoms with Crippen LogP contribution in [0.2, 0.25) is 0 Å². The number of esters is 1. The largest absolute Gasteiger partial charge is 0.493 e. The van der Waals surface area contributed by atoms with Crippen LogP contribution >= 0.6 is 0 Å². The molecule has 8 heteroatoms. The number of methoxy groups -OCH3 is 1. The number of aliphatic hydroxyl groups excluding tert-OH is 2. The van der Waals surface area contributed by atoms with E-state index < -0.39 is 18.2 Å². The zero-order valence-electron chi connectivity index (χ0n) is 22.8. The molecule has 2 aromatic carbocycles. The molecule has 0 saturated heterocycles. The fourth-order valence-electron chi connectivity index (χ4n) is 4.23. The van der Waals surface area contributed by atoms with Crippen LogP contribution in [0.3, 0.4) is 0 Å². The highest BCUT2D eigenvalue weighted by atomic mass is 19.1. The SMILES string of the molecule is CCOC(=O)CC(O)CC(O)C=Cc1c(C(C)C)cc(OC)c(OCc2cccnc2)c1-c1ccc(F)cc1. The van der Waals surface area contributed by atoms with E-state index in [0.717, 1.165) is 16.7 Å². The van der Waals surface area contributed by atoms with Crippen molar-refractivity contribution < 1.29 is 33.6 Å². The van der Waals surface area contributed by atoms with Gasteiger partial charge in [0.2, 0.25) is 0 Å². The van der Waals surface area contributed by atoms with Crippen molar-refractivity contribution in [2.75, 3.05) is 13.7 Å². The minimum Gasteiger partial charge on any atom is -0.493 e. The molecule has 1 heterocycles. The molecular formula is C31H36FNO6. The third-order valence-corrected chi connectivity index (χ3v) is 6.10. The van der Waals surface area contributed by atoms with E-state index in [0.29, 0.717) is 22.6 Å². The highest BCUT2D eigenvalue weighted by Gasteiger charge is 2.23. The second-order valence-corrected chi connectivity index (χ2v) is 9.42. The van der Waals surface area contributed by atoms with Crippen LogP contribution in [0.4, 0.5) is 4.39 Å². The van der Waals surface area contributed by atoms with Crippen molar-refractivity contribution >= 4 is 12.0 Å². The Morgan fingerprint density at radius 3 is 2.51 bits per heavy atom. The Bertz CT molecular complexity index is 1240. The highest BCUT2D eigenvalue weighted by Crippen LogP contribution is 2.45. The van der Waals surface area contributed by atoms with Gasteiger partial charge in [0.1, 0.15) is 12.4 Å². The van der Waals surface area contributed by atoms with Crippen molar-refractivity contribution in [3.8, 4) is 22.6 Å². The Morgan fingerprint density at radius 1 is 1.15 bits per heavy atom. The number of carbonyl (C=O) groups excluding carboxylic acids is 1. The quantitative estimate of drug-likeness (QED) is 0.271. The molecule has 0 aliphatic rings. The van der Waals surface area contributed by atoms with E-state index in [9.17, 15) is 19.4 Å². The molecule has 0 fully saturated rings. The Hall–Kier alpha value is -3.75. The van der Waals surface area contributed by atoms with Crippen molar-refractivity contribution in [1.29, 1.82) is 0 Å². The number of benzene rings is 2. The summed E-state index contributed by atoms with van der Waals surface area (Å²) in [5.74, 6) is 0.161. The minimum absolute atomic E-state index is 0.0429. The molecule has 0 amide bonds. The summed E-state index contributed by atoms with van der Waals surface area (Å²) < 4.78 is 30.8. The Balaban J connectivity index is 2.06. The molecular weight excluding hydrogens is 501 g/mol. The van der Waals surface area contributed by atoms with E-state index in [4.69, 9.17) is 14.2 Å². The third-order valence-electron chi connectivity index (χ3n) is 6.10. The monoisotopic (exact) mass is 537 g/mol. The zero-order chi connectivity index (χ0) is 28.4. The molecule has 1 aromatic heterocycles. The molecule has 0 spiro atoms. The van der Waals surface area contributed by atoms with Gasteiger partial charge in [-0.25, -0.2) is 4.39 Å². The Morgan fingerprint density at radius 2 is 1.90 bits per heavy atom. The minimum atomic E-state index is -1.06.